The Hall–Kier alpha value is -2.80. The molecule has 2 aromatic carbocycles. The topological polar surface area (TPSA) is 69.0 Å². The summed E-state index contributed by atoms with van der Waals surface area (Å²) in [5, 5.41) is 12.8. The fourth-order valence-corrected chi connectivity index (χ4v) is 4.20. The molecular formula is C25H32N4O2S. The molecule has 6 nitrogen and oxygen atoms in total. The maximum atomic E-state index is 11.9. The first kappa shape index (κ1) is 23.9. The van der Waals surface area contributed by atoms with Crippen molar-refractivity contribution in [2.45, 2.75) is 44.7 Å². The summed E-state index contributed by atoms with van der Waals surface area (Å²) < 4.78 is 7.42. The molecule has 1 heterocycles. The number of hydrogen-bond acceptors (Lipinski definition) is 5. The molecule has 0 bridgehead atoms. The maximum absolute atomic E-state index is 11.9. The molecule has 0 saturated heterocycles. The van der Waals surface area contributed by atoms with E-state index in [0.717, 1.165) is 47.6 Å². The number of nitrogens with zero attached hydrogens (tertiary/aromatic N) is 3. The van der Waals surface area contributed by atoms with E-state index in [4.69, 9.17) is 4.74 Å². The van der Waals surface area contributed by atoms with Crippen LogP contribution in [0.15, 0.2) is 59.8 Å². The van der Waals surface area contributed by atoms with Gasteiger partial charge >= 0.3 is 0 Å². The van der Waals surface area contributed by atoms with E-state index in [1.165, 1.54) is 5.56 Å². The number of ether oxygens (including phenoxy) is 1. The molecule has 0 unspecified atom stereocenters. The minimum absolute atomic E-state index is 0.134. The van der Waals surface area contributed by atoms with Gasteiger partial charge in [0.2, 0.25) is 5.91 Å². The average Bonchev–Trinajstić information content (AvgIpc) is 3.20. The van der Waals surface area contributed by atoms with Gasteiger partial charge in [-0.1, -0.05) is 55.9 Å². The van der Waals surface area contributed by atoms with Crippen molar-refractivity contribution in [1.82, 2.24) is 20.1 Å². The molecule has 7 heteroatoms. The van der Waals surface area contributed by atoms with Gasteiger partial charge in [-0.25, -0.2) is 0 Å². The number of carbonyl (C=O) groups excluding carboxylic acids is 1. The standard InChI is InChI=1S/C25H32N4O2S/c1-19(2)18-26-24(30)11-7-8-16-32-25-28-27-23(17-20-9-5-4-6-10-20)29(25)21-12-14-22(31-3)15-13-21/h4-6,9-10,12-15,19H,7-8,11,16-18H2,1-3H3,(H,26,30). The number of amides is 1. The molecule has 0 saturated carbocycles. The first-order valence-electron chi connectivity index (χ1n) is 11.1. The normalized spacial score (nSPS) is 11.0. The Morgan fingerprint density at radius 3 is 2.50 bits per heavy atom. The van der Waals surface area contributed by atoms with E-state index >= 15 is 0 Å². The quantitative estimate of drug-likeness (QED) is 0.313. The summed E-state index contributed by atoms with van der Waals surface area (Å²) in [7, 11) is 1.67. The summed E-state index contributed by atoms with van der Waals surface area (Å²) in [4.78, 5) is 11.9. The van der Waals surface area contributed by atoms with Crippen molar-refractivity contribution >= 4 is 17.7 Å². The van der Waals surface area contributed by atoms with Gasteiger partial charge in [0.05, 0.1) is 7.11 Å². The molecule has 32 heavy (non-hydrogen) atoms. The van der Waals surface area contributed by atoms with Gasteiger partial charge in [-0.3, -0.25) is 9.36 Å². The molecule has 1 N–H and O–H groups in total. The van der Waals surface area contributed by atoms with Gasteiger partial charge in [-0.15, -0.1) is 10.2 Å². The molecule has 0 aliphatic heterocycles. The van der Waals surface area contributed by atoms with Crippen LogP contribution in [-0.4, -0.2) is 40.1 Å². The molecular weight excluding hydrogens is 420 g/mol. The van der Waals surface area contributed by atoms with E-state index < -0.39 is 0 Å². The zero-order valence-corrected chi connectivity index (χ0v) is 19.9. The summed E-state index contributed by atoms with van der Waals surface area (Å²) in [6, 6.07) is 18.3. The van der Waals surface area contributed by atoms with Gasteiger partial charge in [-0.2, -0.15) is 0 Å². The van der Waals surface area contributed by atoms with Crippen molar-refractivity contribution in [3.63, 3.8) is 0 Å². The SMILES string of the molecule is COc1ccc(-n2c(Cc3ccccc3)nnc2SCCCCC(=O)NCC(C)C)cc1. The third-order valence-corrected chi connectivity index (χ3v) is 5.99. The van der Waals surface area contributed by atoms with Crippen LogP contribution in [0.1, 0.15) is 44.5 Å². The Kier molecular flexibility index (Phi) is 9.16. The summed E-state index contributed by atoms with van der Waals surface area (Å²) >= 11 is 1.68. The Morgan fingerprint density at radius 2 is 1.81 bits per heavy atom. The van der Waals surface area contributed by atoms with Gasteiger partial charge in [0.15, 0.2) is 5.16 Å². The highest BCUT2D eigenvalue weighted by Gasteiger charge is 2.15. The first-order valence-corrected chi connectivity index (χ1v) is 12.1. The van der Waals surface area contributed by atoms with Crippen molar-refractivity contribution in [1.29, 1.82) is 0 Å². The molecule has 1 amide bonds. The highest BCUT2D eigenvalue weighted by molar-refractivity contribution is 7.99. The van der Waals surface area contributed by atoms with Crippen LogP contribution in [0.4, 0.5) is 0 Å². The second-order valence-electron chi connectivity index (χ2n) is 8.10. The molecule has 0 radical (unpaired) electrons. The number of methoxy groups -OCH3 is 1. The van der Waals surface area contributed by atoms with Crippen LogP contribution >= 0.6 is 11.8 Å². The van der Waals surface area contributed by atoms with Gasteiger partial charge in [0.25, 0.3) is 0 Å². The third-order valence-electron chi connectivity index (χ3n) is 4.97. The van der Waals surface area contributed by atoms with E-state index in [0.29, 0.717) is 18.8 Å². The lowest BCUT2D eigenvalue weighted by Crippen LogP contribution is -2.26. The molecule has 3 aromatic rings. The lowest BCUT2D eigenvalue weighted by molar-refractivity contribution is -0.121. The third kappa shape index (κ3) is 7.12. The van der Waals surface area contributed by atoms with Gasteiger partial charge in [-0.05, 0) is 48.6 Å². The lowest BCUT2D eigenvalue weighted by Gasteiger charge is -2.11. The number of unbranched alkanes of at least 4 members (excludes halogenated alkanes) is 1. The minimum Gasteiger partial charge on any atom is -0.497 e. The molecule has 0 atom stereocenters. The van der Waals surface area contributed by atoms with E-state index in [1.807, 2.05) is 42.5 Å². The van der Waals surface area contributed by atoms with E-state index in [9.17, 15) is 4.79 Å². The maximum Gasteiger partial charge on any atom is 0.220 e. The number of nitrogens with one attached hydrogen (secondary N) is 1. The predicted octanol–water partition coefficient (Wildman–Crippen LogP) is 4.90. The Morgan fingerprint density at radius 1 is 1.06 bits per heavy atom. The molecule has 0 aliphatic rings. The van der Waals surface area contributed by atoms with Crippen molar-refractivity contribution in [3.05, 3.63) is 66.0 Å². The molecule has 170 valence electrons. The zero-order chi connectivity index (χ0) is 22.8. The lowest BCUT2D eigenvalue weighted by atomic mass is 10.1. The van der Waals surface area contributed by atoms with Crippen molar-refractivity contribution < 1.29 is 9.53 Å². The second kappa shape index (κ2) is 12.3. The Balaban J connectivity index is 1.65. The van der Waals surface area contributed by atoms with E-state index in [2.05, 4.69) is 46.1 Å². The average molecular weight is 453 g/mol. The van der Waals surface area contributed by atoms with Gasteiger partial charge < -0.3 is 10.1 Å². The second-order valence-corrected chi connectivity index (χ2v) is 9.16. The summed E-state index contributed by atoms with van der Waals surface area (Å²) in [5.41, 5.74) is 2.20. The van der Waals surface area contributed by atoms with Crippen molar-refractivity contribution in [2.75, 3.05) is 19.4 Å². The van der Waals surface area contributed by atoms with Crippen molar-refractivity contribution in [2.24, 2.45) is 5.92 Å². The Labute approximate surface area is 194 Å². The number of benzene rings is 2. The van der Waals surface area contributed by atoms with Crippen LogP contribution in [-0.2, 0) is 11.2 Å². The summed E-state index contributed by atoms with van der Waals surface area (Å²) in [6.07, 6.45) is 3.09. The molecule has 3 rings (SSSR count). The number of aromatic nitrogens is 3. The highest BCUT2D eigenvalue weighted by atomic mass is 32.2. The van der Waals surface area contributed by atoms with Gasteiger partial charge in [0.1, 0.15) is 11.6 Å². The molecule has 0 spiro atoms. The fourth-order valence-electron chi connectivity index (χ4n) is 3.23. The van der Waals surface area contributed by atoms with Crippen LogP contribution in [0.5, 0.6) is 5.75 Å². The largest absolute Gasteiger partial charge is 0.497 e. The highest BCUT2D eigenvalue weighted by Crippen LogP contribution is 2.25. The smallest absolute Gasteiger partial charge is 0.220 e. The van der Waals surface area contributed by atoms with E-state index in [1.54, 1.807) is 18.9 Å². The first-order chi connectivity index (χ1) is 15.6. The molecule has 1 aromatic heterocycles. The summed E-state index contributed by atoms with van der Waals surface area (Å²) in [5.74, 6) is 3.21. The van der Waals surface area contributed by atoms with Crippen LogP contribution in [0.2, 0.25) is 0 Å². The van der Waals surface area contributed by atoms with Crippen molar-refractivity contribution in [3.8, 4) is 11.4 Å². The minimum atomic E-state index is 0.134. The van der Waals surface area contributed by atoms with Gasteiger partial charge in [0, 0.05) is 30.8 Å². The fraction of sp³-hybridized carbons (Fsp3) is 0.400. The van der Waals surface area contributed by atoms with Crippen LogP contribution in [0.25, 0.3) is 5.69 Å². The molecule has 0 fully saturated rings. The van der Waals surface area contributed by atoms with Crippen LogP contribution in [0, 0.1) is 5.92 Å². The zero-order valence-electron chi connectivity index (χ0n) is 19.1. The summed E-state index contributed by atoms with van der Waals surface area (Å²) in [6.45, 7) is 4.94. The van der Waals surface area contributed by atoms with Crippen LogP contribution in [0.3, 0.4) is 0 Å². The Bertz CT molecular complexity index is 971. The van der Waals surface area contributed by atoms with E-state index in [-0.39, 0.29) is 5.91 Å². The number of hydrogen-bond donors (Lipinski definition) is 1. The predicted molar refractivity (Wildman–Crippen MR) is 130 cm³/mol. The number of carbonyl (C=O) groups is 1. The number of thioether (sulfide) groups is 1. The van der Waals surface area contributed by atoms with Crippen LogP contribution < -0.4 is 10.1 Å². The molecule has 0 aliphatic carbocycles. The number of rotatable bonds is 12. The monoisotopic (exact) mass is 452 g/mol.